The van der Waals surface area contributed by atoms with Crippen LogP contribution in [-0.4, -0.2) is 45.6 Å². The third-order valence-corrected chi connectivity index (χ3v) is 6.52. The number of fused-ring (bicyclic) bond motifs is 1. The second kappa shape index (κ2) is 12.7. The Kier molecular flexibility index (Phi) is 9.66. The molecule has 5 rings (SSSR count). The Balaban J connectivity index is 0.00000171. The number of benzene rings is 2. The summed E-state index contributed by atoms with van der Waals surface area (Å²) in [6.45, 7) is 3.98. The molecule has 4 aromatic rings. The van der Waals surface area contributed by atoms with Crippen molar-refractivity contribution < 1.29 is 0 Å². The van der Waals surface area contributed by atoms with Gasteiger partial charge in [0.05, 0.1) is 29.1 Å². The minimum Gasteiger partial charge on any atom is -0.340 e. The van der Waals surface area contributed by atoms with E-state index in [1.807, 2.05) is 53.4 Å². The SMILES string of the molecule is Cl.Cl.O=c1c2ccccc2ncn1C1CCN(CCCN(c2ccccc2)c2cccnc2)CC1. The van der Waals surface area contributed by atoms with Crippen LogP contribution < -0.4 is 10.5 Å². The molecule has 0 saturated carbocycles. The smallest absolute Gasteiger partial charge is 0.261 e. The molecular formula is C27H31Cl2N5O. The maximum absolute atomic E-state index is 12.9. The van der Waals surface area contributed by atoms with Crippen LogP contribution >= 0.6 is 24.8 Å². The van der Waals surface area contributed by atoms with Crippen molar-refractivity contribution in [1.29, 1.82) is 0 Å². The van der Waals surface area contributed by atoms with Gasteiger partial charge in [-0.1, -0.05) is 30.3 Å². The van der Waals surface area contributed by atoms with Gasteiger partial charge in [0.15, 0.2) is 0 Å². The number of piperidine rings is 1. The first-order valence-corrected chi connectivity index (χ1v) is 11.7. The third-order valence-electron chi connectivity index (χ3n) is 6.52. The second-order valence-corrected chi connectivity index (χ2v) is 8.60. The molecule has 0 unspecified atom stereocenters. The molecule has 2 aromatic carbocycles. The number of para-hydroxylation sites is 2. The number of hydrogen-bond acceptors (Lipinski definition) is 5. The van der Waals surface area contributed by atoms with Crippen LogP contribution in [0.4, 0.5) is 11.4 Å². The normalized spacial score (nSPS) is 14.2. The summed E-state index contributed by atoms with van der Waals surface area (Å²) in [5.41, 5.74) is 3.15. The summed E-state index contributed by atoms with van der Waals surface area (Å²) in [6.07, 6.45) is 8.49. The summed E-state index contributed by atoms with van der Waals surface area (Å²) in [5.74, 6) is 0. The molecule has 0 atom stereocenters. The van der Waals surface area contributed by atoms with Gasteiger partial charge >= 0.3 is 0 Å². The number of halogens is 2. The number of likely N-dealkylation sites (tertiary alicyclic amines) is 1. The first-order valence-electron chi connectivity index (χ1n) is 11.7. The van der Waals surface area contributed by atoms with E-state index in [0.717, 1.165) is 56.6 Å². The van der Waals surface area contributed by atoms with E-state index in [2.05, 4.69) is 50.1 Å². The number of aromatic nitrogens is 3. The van der Waals surface area contributed by atoms with E-state index in [1.165, 1.54) is 5.69 Å². The maximum atomic E-state index is 12.9. The molecule has 8 heteroatoms. The van der Waals surface area contributed by atoms with Gasteiger partial charge in [0, 0.05) is 37.6 Å². The highest BCUT2D eigenvalue weighted by Crippen LogP contribution is 2.25. The second-order valence-electron chi connectivity index (χ2n) is 8.60. The zero-order valence-electron chi connectivity index (χ0n) is 19.6. The minimum atomic E-state index is 0. The van der Waals surface area contributed by atoms with Crippen LogP contribution in [-0.2, 0) is 0 Å². The van der Waals surface area contributed by atoms with Crippen LogP contribution in [0.3, 0.4) is 0 Å². The largest absolute Gasteiger partial charge is 0.340 e. The Morgan fingerprint density at radius 1 is 0.886 bits per heavy atom. The van der Waals surface area contributed by atoms with E-state index in [9.17, 15) is 4.79 Å². The Labute approximate surface area is 218 Å². The zero-order valence-corrected chi connectivity index (χ0v) is 21.2. The average molecular weight is 512 g/mol. The predicted octanol–water partition coefficient (Wildman–Crippen LogP) is 5.50. The van der Waals surface area contributed by atoms with Crippen LogP contribution in [0.25, 0.3) is 10.9 Å². The highest BCUT2D eigenvalue weighted by atomic mass is 35.5. The highest BCUT2D eigenvalue weighted by molar-refractivity contribution is 5.85. The highest BCUT2D eigenvalue weighted by Gasteiger charge is 2.22. The van der Waals surface area contributed by atoms with Crippen molar-refractivity contribution in [2.24, 2.45) is 0 Å². The lowest BCUT2D eigenvalue weighted by molar-refractivity contribution is 0.183. The van der Waals surface area contributed by atoms with Crippen LogP contribution in [0.15, 0.2) is 90.2 Å². The molecule has 1 fully saturated rings. The number of anilines is 2. The fraction of sp³-hybridized carbons (Fsp3) is 0.296. The molecule has 184 valence electrons. The van der Waals surface area contributed by atoms with Crippen molar-refractivity contribution in [3.05, 3.63) is 95.8 Å². The van der Waals surface area contributed by atoms with E-state index in [0.29, 0.717) is 5.39 Å². The summed E-state index contributed by atoms with van der Waals surface area (Å²) < 4.78 is 1.85. The fourth-order valence-electron chi connectivity index (χ4n) is 4.75. The number of pyridine rings is 1. The lowest BCUT2D eigenvalue weighted by Crippen LogP contribution is -2.38. The van der Waals surface area contributed by atoms with E-state index < -0.39 is 0 Å². The van der Waals surface area contributed by atoms with Crippen molar-refractivity contribution >= 4 is 47.1 Å². The summed E-state index contributed by atoms with van der Waals surface area (Å²) in [7, 11) is 0. The van der Waals surface area contributed by atoms with E-state index in [4.69, 9.17) is 0 Å². The molecule has 0 radical (unpaired) electrons. The molecule has 1 aliphatic heterocycles. The van der Waals surface area contributed by atoms with Crippen LogP contribution in [0, 0.1) is 0 Å². The van der Waals surface area contributed by atoms with Crippen molar-refractivity contribution in [2.45, 2.75) is 25.3 Å². The van der Waals surface area contributed by atoms with Crippen molar-refractivity contribution in [3.8, 4) is 0 Å². The Morgan fingerprint density at radius 3 is 2.34 bits per heavy atom. The van der Waals surface area contributed by atoms with Gasteiger partial charge in [-0.05, 0) is 62.2 Å². The average Bonchev–Trinajstić information content (AvgIpc) is 2.89. The summed E-state index contributed by atoms with van der Waals surface area (Å²) >= 11 is 0. The molecule has 1 saturated heterocycles. The molecule has 35 heavy (non-hydrogen) atoms. The molecule has 0 bridgehead atoms. The number of hydrogen-bond donors (Lipinski definition) is 0. The number of nitrogens with zero attached hydrogens (tertiary/aromatic N) is 5. The molecule has 6 nitrogen and oxygen atoms in total. The standard InChI is InChI=1S/C27H29N5O.2ClH/c33-27-25-11-4-5-12-26(25)29-21-32(27)23-13-18-30(19-14-23)16-7-17-31(22-8-2-1-3-9-22)24-10-6-15-28-20-24;;/h1-6,8-12,15,20-21,23H,7,13-14,16-19H2;2*1H. The molecule has 0 amide bonds. The fourth-order valence-corrected chi connectivity index (χ4v) is 4.75. The first kappa shape index (κ1) is 26.7. The molecule has 1 aliphatic rings. The summed E-state index contributed by atoms with van der Waals surface area (Å²) in [6, 6.07) is 22.4. The van der Waals surface area contributed by atoms with E-state index in [1.54, 1.807) is 6.33 Å². The van der Waals surface area contributed by atoms with Gasteiger partial charge < -0.3 is 9.80 Å². The molecule has 0 aliphatic carbocycles. The van der Waals surface area contributed by atoms with Crippen LogP contribution in [0.2, 0.25) is 0 Å². The summed E-state index contributed by atoms with van der Waals surface area (Å²) in [4.78, 5) is 26.6. The first-order chi connectivity index (χ1) is 16.3. The quantitative estimate of drug-likeness (QED) is 0.327. The van der Waals surface area contributed by atoms with E-state index >= 15 is 0 Å². The molecule has 0 spiro atoms. The zero-order chi connectivity index (χ0) is 22.5. The maximum Gasteiger partial charge on any atom is 0.261 e. The van der Waals surface area contributed by atoms with Gasteiger partial charge in [-0.15, -0.1) is 24.8 Å². The van der Waals surface area contributed by atoms with Gasteiger partial charge in [-0.25, -0.2) is 4.98 Å². The lowest BCUT2D eigenvalue weighted by atomic mass is 10.0. The monoisotopic (exact) mass is 511 g/mol. The number of rotatable bonds is 7. The Hall–Kier alpha value is -2.93. The lowest BCUT2D eigenvalue weighted by Gasteiger charge is -2.33. The minimum absolute atomic E-state index is 0. The van der Waals surface area contributed by atoms with Crippen molar-refractivity contribution in [2.75, 3.05) is 31.1 Å². The van der Waals surface area contributed by atoms with Crippen LogP contribution in [0.5, 0.6) is 0 Å². The van der Waals surface area contributed by atoms with Gasteiger partial charge in [0.1, 0.15) is 0 Å². The summed E-state index contributed by atoms with van der Waals surface area (Å²) in [5, 5.41) is 0.707. The van der Waals surface area contributed by atoms with Crippen LogP contribution in [0.1, 0.15) is 25.3 Å². The van der Waals surface area contributed by atoms with E-state index in [-0.39, 0.29) is 36.4 Å². The van der Waals surface area contributed by atoms with Gasteiger partial charge in [-0.3, -0.25) is 14.3 Å². The molecule has 0 N–H and O–H groups in total. The topological polar surface area (TPSA) is 54.3 Å². The van der Waals surface area contributed by atoms with Gasteiger partial charge in [0.2, 0.25) is 0 Å². The van der Waals surface area contributed by atoms with Gasteiger partial charge in [-0.2, -0.15) is 0 Å². The Bertz CT molecular complexity index is 1210. The molecular weight excluding hydrogens is 481 g/mol. The molecule has 3 heterocycles. The Morgan fingerprint density at radius 2 is 1.60 bits per heavy atom. The predicted molar refractivity (Wildman–Crippen MR) is 148 cm³/mol. The van der Waals surface area contributed by atoms with Gasteiger partial charge in [0.25, 0.3) is 5.56 Å². The third kappa shape index (κ3) is 6.20. The van der Waals surface area contributed by atoms with Crippen molar-refractivity contribution in [3.63, 3.8) is 0 Å². The van der Waals surface area contributed by atoms with Crippen molar-refractivity contribution in [1.82, 2.24) is 19.4 Å². The molecule has 2 aromatic heterocycles.